The number of alkyl carbamates (subject to hydrolysis) is 2. The molecule has 1 aliphatic carbocycles. The number of carbonyl (C=O) groups excluding carboxylic acids is 3. The van der Waals surface area contributed by atoms with Gasteiger partial charge in [-0.1, -0.05) is 11.6 Å². The highest BCUT2D eigenvalue weighted by Gasteiger charge is 2.72. The lowest BCUT2D eigenvalue weighted by atomic mass is 9.68. The molecule has 12 heteroatoms. The van der Waals surface area contributed by atoms with Crippen LogP contribution in [0.3, 0.4) is 0 Å². The highest BCUT2D eigenvalue weighted by atomic mass is 16.6. The molecule has 228 valence electrons. The first kappa shape index (κ1) is 32.1. The van der Waals surface area contributed by atoms with Crippen LogP contribution in [0.1, 0.15) is 60.3 Å². The summed E-state index contributed by atoms with van der Waals surface area (Å²) in [4.78, 5) is 36.4. The van der Waals surface area contributed by atoms with Gasteiger partial charge in [-0.3, -0.25) is 4.79 Å². The molecule has 6 atom stereocenters. The van der Waals surface area contributed by atoms with Gasteiger partial charge in [0.05, 0.1) is 30.7 Å². The number of epoxide rings is 2. The zero-order chi connectivity index (χ0) is 29.6. The average molecular weight is 569 g/mol. The second-order valence-corrected chi connectivity index (χ2v) is 12.1. The summed E-state index contributed by atoms with van der Waals surface area (Å²) >= 11 is 0. The van der Waals surface area contributed by atoms with Gasteiger partial charge in [-0.05, 0) is 67.3 Å². The summed E-state index contributed by atoms with van der Waals surface area (Å²) in [5.41, 5.74) is -0.339. The summed E-state index contributed by atoms with van der Waals surface area (Å²) < 4.78 is 29.3. The molecular weight excluding hydrogens is 520 g/mol. The van der Waals surface area contributed by atoms with Gasteiger partial charge in [-0.25, -0.2) is 9.59 Å². The van der Waals surface area contributed by atoms with Crippen molar-refractivity contribution < 1.29 is 38.1 Å². The lowest BCUT2D eigenvalue weighted by Gasteiger charge is -2.42. The number of rotatable bonds is 14. The SMILES string of the molecule is CNCC(=O)NCCCNC(=O)OCC(C)(C)NC(=O)OC1CC[C@]2(CO2)C(C2(C)O[C@@H]2CC=C(C)C)C1OC. The second kappa shape index (κ2) is 13.5. The van der Waals surface area contributed by atoms with E-state index in [1.165, 1.54) is 5.57 Å². The number of likely N-dealkylation sites (N-methyl/N-ethyl adjacent to an activating group) is 1. The van der Waals surface area contributed by atoms with Crippen molar-refractivity contribution in [3.8, 4) is 0 Å². The number of methoxy groups -OCH3 is 1. The number of ether oxygens (including phenoxy) is 5. The van der Waals surface area contributed by atoms with Crippen molar-refractivity contribution >= 4 is 18.1 Å². The van der Waals surface area contributed by atoms with Gasteiger partial charge < -0.3 is 45.0 Å². The van der Waals surface area contributed by atoms with Gasteiger partial charge >= 0.3 is 12.2 Å². The molecular formula is C28H48N4O8. The van der Waals surface area contributed by atoms with Crippen molar-refractivity contribution in [3.63, 3.8) is 0 Å². The number of hydrogen-bond acceptors (Lipinski definition) is 9. The van der Waals surface area contributed by atoms with Crippen LogP contribution in [0.5, 0.6) is 0 Å². The highest BCUT2D eigenvalue weighted by molar-refractivity contribution is 5.77. The van der Waals surface area contributed by atoms with Crippen molar-refractivity contribution in [1.82, 2.24) is 21.3 Å². The summed E-state index contributed by atoms with van der Waals surface area (Å²) in [7, 11) is 3.33. The molecule has 1 spiro atoms. The monoisotopic (exact) mass is 568 g/mol. The van der Waals surface area contributed by atoms with Crippen LogP contribution < -0.4 is 21.3 Å². The first-order valence-electron chi connectivity index (χ1n) is 14.1. The fraction of sp³-hybridized carbons (Fsp3) is 0.821. The molecule has 3 rings (SSSR count). The molecule has 12 nitrogen and oxygen atoms in total. The Kier molecular flexibility index (Phi) is 10.8. The normalized spacial score (nSPS) is 30.7. The van der Waals surface area contributed by atoms with Crippen LogP contribution >= 0.6 is 0 Å². The van der Waals surface area contributed by atoms with E-state index in [0.717, 1.165) is 12.8 Å². The fourth-order valence-corrected chi connectivity index (χ4v) is 5.58. The van der Waals surface area contributed by atoms with Gasteiger partial charge in [-0.2, -0.15) is 0 Å². The molecule has 40 heavy (non-hydrogen) atoms. The van der Waals surface area contributed by atoms with Crippen molar-refractivity contribution in [1.29, 1.82) is 0 Å². The summed E-state index contributed by atoms with van der Waals surface area (Å²) in [6, 6.07) is 0. The van der Waals surface area contributed by atoms with E-state index in [4.69, 9.17) is 23.7 Å². The average Bonchev–Trinajstić information content (AvgIpc) is 3.79. The minimum absolute atomic E-state index is 0.0528. The van der Waals surface area contributed by atoms with E-state index < -0.39 is 29.4 Å². The van der Waals surface area contributed by atoms with Crippen molar-refractivity contribution in [2.45, 2.75) is 95.4 Å². The van der Waals surface area contributed by atoms with Crippen molar-refractivity contribution in [2.24, 2.45) is 5.92 Å². The molecule has 3 aliphatic rings. The number of hydrogen-bond donors (Lipinski definition) is 4. The maximum Gasteiger partial charge on any atom is 0.408 e. The van der Waals surface area contributed by atoms with Crippen LogP contribution in [0, 0.1) is 5.92 Å². The lowest BCUT2D eigenvalue weighted by molar-refractivity contribution is -0.120. The first-order valence-corrected chi connectivity index (χ1v) is 14.1. The number of carbonyl (C=O) groups is 3. The Morgan fingerprint density at radius 3 is 2.45 bits per heavy atom. The smallest absolute Gasteiger partial charge is 0.408 e. The Hall–Kier alpha value is -2.41. The van der Waals surface area contributed by atoms with Crippen molar-refractivity contribution in [2.75, 3.05) is 47.0 Å². The molecule has 4 N–H and O–H groups in total. The predicted octanol–water partition coefficient (Wildman–Crippen LogP) is 2.02. The topological polar surface area (TPSA) is 152 Å². The van der Waals surface area contributed by atoms with Crippen LogP contribution in [-0.2, 0) is 28.5 Å². The maximum absolute atomic E-state index is 12.9. The molecule has 0 aromatic heterocycles. The molecule has 2 saturated heterocycles. The third-order valence-electron chi connectivity index (χ3n) is 7.78. The van der Waals surface area contributed by atoms with Crippen LogP contribution in [0.25, 0.3) is 0 Å². The quantitative estimate of drug-likeness (QED) is 0.140. The number of allylic oxidation sites excluding steroid dienone is 1. The van der Waals surface area contributed by atoms with Crippen LogP contribution in [0.4, 0.5) is 9.59 Å². The van der Waals surface area contributed by atoms with Gasteiger partial charge in [0, 0.05) is 20.2 Å². The summed E-state index contributed by atoms with van der Waals surface area (Å²) in [5.74, 6) is -0.173. The molecule has 1 saturated carbocycles. The van der Waals surface area contributed by atoms with Gasteiger partial charge in [0.15, 0.2) is 0 Å². The third kappa shape index (κ3) is 8.55. The van der Waals surface area contributed by atoms with Crippen LogP contribution in [0.2, 0.25) is 0 Å². The van der Waals surface area contributed by atoms with E-state index in [9.17, 15) is 14.4 Å². The van der Waals surface area contributed by atoms with Gasteiger partial charge in [0.1, 0.15) is 30.0 Å². The molecule has 2 aliphatic heterocycles. The molecule has 3 fully saturated rings. The number of amides is 3. The van der Waals surface area contributed by atoms with E-state index >= 15 is 0 Å². The van der Waals surface area contributed by atoms with Crippen LogP contribution in [0.15, 0.2) is 11.6 Å². The van der Waals surface area contributed by atoms with Gasteiger partial charge in [0.2, 0.25) is 5.91 Å². The number of nitrogens with one attached hydrogen (secondary N) is 4. The predicted molar refractivity (Wildman–Crippen MR) is 148 cm³/mol. The van der Waals surface area contributed by atoms with E-state index in [2.05, 4.69) is 48.1 Å². The molecule has 0 aromatic carbocycles. The van der Waals surface area contributed by atoms with Gasteiger partial charge in [0.25, 0.3) is 0 Å². The van der Waals surface area contributed by atoms with Crippen LogP contribution in [-0.4, -0.2) is 100 Å². The summed E-state index contributed by atoms with van der Waals surface area (Å²) in [6.07, 6.45) is 2.96. The van der Waals surface area contributed by atoms with E-state index in [1.54, 1.807) is 28.0 Å². The second-order valence-electron chi connectivity index (χ2n) is 12.1. The molecule has 2 heterocycles. The zero-order valence-electron chi connectivity index (χ0n) is 25.0. The summed E-state index contributed by atoms with van der Waals surface area (Å²) in [5, 5.41) is 10.9. The third-order valence-corrected chi connectivity index (χ3v) is 7.78. The fourth-order valence-electron chi connectivity index (χ4n) is 5.58. The molecule has 3 amide bonds. The van der Waals surface area contributed by atoms with E-state index in [0.29, 0.717) is 32.5 Å². The lowest BCUT2D eigenvalue weighted by Crippen LogP contribution is -2.57. The molecule has 0 aromatic rings. The Morgan fingerprint density at radius 2 is 1.82 bits per heavy atom. The Labute approximate surface area is 237 Å². The highest BCUT2D eigenvalue weighted by Crippen LogP contribution is 2.59. The Morgan fingerprint density at radius 1 is 1.12 bits per heavy atom. The van der Waals surface area contributed by atoms with E-state index in [-0.39, 0.29) is 42.8 Å². The minimum atomic E-state index is -0.867. The maximum atomic E-state index is 12.9. The largest absolute Gasteiger partial charge is 0.447 e. The van der Waals surface area contributed by atoms with Gasteiger partial charge in [-0.15, -0.1) is 0 Å². The van der Waals surface area contributed by atoms with Crippen molar-refractivity contribution in [3.05, 3.63) is 11.6 Å². The minimum Gasteiger partial charge on any atom is -0.447 e. The first-order chi connectivity index (χ1) is 18.9. The molecule has 4 unspecified atom stereocenters. The standard InChI is InChI=1S/C28H48N4O8/c1-18(2)9-10-20-27(5,40-20)23-22(36-7)19(11-12-28(23)17-38-28)39-25(35)32-26(3,4)16-37-24(34)31-14-8-13-30-21(33)15-29-6/h9,19-20,22-23,29H,8,10-17H2,1-7H3,(H,30,33)(H,31,34)(H,32,35)/t19?,20-,22?,23?,27?,28+/m1/s1. The molecule has 0 radical (unpaired) electrons. The Balaban J connectivity index is 1.45. The van der Waals surface area contributed by atoms with E-state index in [1.807, 2.05) is 0 Å². The molecule has 0 bridgehead atoms. The summed E-state index contributed by atoms with van der Waals surface area (Å²) in [6.45, 7) is 11.4. The zero-order valence-corrected chi connectivity index (χ0v) is 25.0. The Bertz CT molecular complexity index is 933.